The summed E-state index contributed by atoms with van der Waals surface area (Å²) in [5.74, 6) is 0.235. The number of hydrogen-bond donors (Lipinski definition) is 2. The van der Waals surface area contributed by atoms with E-state index >= 15 is 0 Å². The fourth-order valence-corrected chi connectivity index (χ4v) is 2.23. The summed E-state index contributed by atoms with van der Waals surface area (Å²) < 4.78 is 4.67. The molecule has 0 fully saturated rings. The Morgan fingerprint density at radius 1 is 1.52 bits per heavy atom. The van der Waals surface area contributed by atoms with Crippen molar-refractivity contribution in [3.8, 4) is 0 Å². The summed E-state index contributed by atoms with van der Waals surface area (Å²) >= 11 is 1.65. The van der Waals surface area contributed by atoms with Crippen LogP contribution in [0.5, 0.6) is 0 Å². The molecule has 0 aliphatic rings. The minimum absolute atomic E-state index is 0. The molecule has 21 heavy (non-hydrogen) atoms. The zero-order valence-electron chi connectivity index (χ0n) is 12.8. The zero-order chi connectivity index (χ0) is 15.0. The molecule has 0 aliphatic heterocycles. The molecule has 8 heteroatoms. The van der Waals surface area contributed by atoms with Gasteiger partial charge in [0.15, 0.2) is 5.96 Å². The molecule has 0 aromatic carbocycles. The van der Waals surface area contributed by atoms with E-state index in [1.165, 1.54) is 7.11 Å². The van der Waals surface area contributed by atoms with E-state index in [0.29, 0.717) is 12.5 Å². The Balaban J connectivity index is 0.00000400. The first-order valence-electron chi connectivity index (χ1n) is 6.50. The van der Waals surface area contributed by atoms with Crippen LogP contribution < -0.4 is 10.6 Å². The van der Waals surface area contributed by atoms with Gasteiger partial charge in [0.1, 0.15) is 0 Å². The van der Waals surface area contributed by atoms with Gasteiger partial charge in [-0.25, -0.2) is 4.98 Å². The van der Waals surface area contributed by atoms with Crippen molar-refractivity contribution in [3.63, 3.8) is 0 Å². The summed E-state index contributed by atoms with van der Waals surface area (Å²) in [6, 6.07) is 0. The van der Waals surface area contributed by atoms with Crippen LogP contribution in [0.2, 0.25) is 0 Å². The second kappa shape index (κ2) is 10.8. The van der Waals surface area contributed by atoms with Gasteiger partial charge < -0.3 is 15.4 Å². The molecule has 0 aliphatic carbocycles. The van der Waals surface area contributed by atoms with Crippen molar-refractivity contribution in [2.75, 3.05) is 27.2 Å². The van der Waals surface area contributed by atoms with Crippen molar-refractivity contribution in [3.05, 3.63) is 16.1 Å². The molecule has 120 valence electrons. The molecule has 1 heterocycles. The lowest BCUT2D eigenvalue weighted by Crippen LogP contribution is -2.41. The highest BCUT2D eigenvalue weighted by atomic mass is 127. The molecular weight excluding hydrogens is 403 g/mol. The van der Waals surface area contributed by atoms with Gasteiger partial charge in [-0.15, -0.1) is 35.3 Å². The van der Waals surface area contributed by atoms with Gasteiger partial charge in [0, 0.05) is 31.9 Å². The fourth-order valence-electron chi connectivity index (χ4n) is 1.59. The molecule has 6 nitrogen and oxygen atoms in total. The molecule has 1 aromatic heterocycles. The fraction of sp³-hybridized carbons (Fsp3) is 0.615. The van der Waals surface area contributed by atoms with Crippen LogP contribution >= 0.6 is 35.3 Å². The van der Waals surface area contributed by atoms with Gasteiger partial charge in [-0.05, 0) is 6.92 Å². The number of ether oxygens (including phenoxy) is 1. The summed E-state index contributed by atoms with van der Waals surface area (Å²) in [7, 11) is 3.09. The Kier molecular flexibility index (Phi) is 10.3. The molecule has 0 radical (unpaired) electrons. The summed E-state index contributed by atoms with van der Waals surface area (Å²) in [5.41, 5.74) is 1.08. The minimum Gasteiger partial charge on any atom is -0.469 e. The van der Waals surface area contributed by atoms with Crippen LogP contribution in [0.1, 0.15) is 17.6 Å². The number of rotatable bonds is 6. The monoisotopic (exact) mass is 426 g/mol. The van der Waals surface area contributed by atoms with E-state index in [1.54, 1.807) is 18.4 Å². The third kappa shape index (κ3) is 7.60. The van der Waals surface area contributed by atoms with Crippen molar-refractivity contribution >= 4 is 47.2 Å². The summed E-state index contributed by atoms with van der Waals surface area (Å²) in [6.45, 7) is 5.04. The average molecular weight is 426 g/mol. The van der Waals surface area contributed by atoms with Gasteiger partial charge in [0.2, 0.25) is 0 Å². The van der Waals surface area contributed by atoms with E-state index < -0.39 is 0 Å². The number of nitrogens with one attached hydrogen (secondary N) is 2. The van der Waals surface area contributed by atoms with Crippen molar-refractivity contribution in [2.24, 2.45) is 10.9 Å². The first kappa shape index (κ1) is 20.1. The van der Waals surface area contributed by atoms with Gasteiger partial charge in [-0.2, -0.15) is 0 Å². The molecule has 1 rings (SSSR count). The normalized spacial score (nSPS) is 12.3. The summed E-state index contributed by atoms with van der Waals surface area (Å²) in [4.78, 5) is 19.8. The number of methoxy groups -OCH3 is 1. The van der Waals surface area contributed by atoms with Gasteiger partial charge in [-0.1, -0.05) is 6.92 Å². The lowest BCUT2D eigenvalue weighted by Gasteiger charge is -2.14. The molecule has 0 spiro atoms. The number of carbonyl (C=O) groups is 1. The molecule has 0 saturated heterocycles. The Labute approximate surface area is 146 Å². The van der Waals surface area contributed by atoms with Gasteiger partial charge in [0.25, 0.3) is 0 Å². The Bertz CT molecular complexity index is 465. The Morgan fingerprint density at radius 3 is 2.76 bits per heavy atom. The first-order chi connectivity index (χ1) is 9.56. The lowest BCUT2D eigenvalue weighted by atomic mass is 10.2. The molecule has 1 atom stereocenters. The first-order valence-corrected chi connectivity index (χ1v) is 7.38. The predicted molar refractivity (Wildman–Crippen MR) is 96.5 cm³/mol. The number of nitrogens with zero attached hydrogens (tertiary/aromatic N) is 2. The van der Waals surface area contributed by atoms with E-state index in [0.717, 1.165) is 23.7 Å². The van der Waals surface area contributed by atoms with Crippen molar-refractivity contribution < 1.29 is 9.53 Å². The van der Waals surface area contributed by atoms with E-state index in [2.05, 4.69) is 30.7 Å². The molecule has 0 amide bonds. The zero-order valence-corrected chi connectivity index (χ0v) is 16.0. The second-order valence-corrected chi connectivity index (χ2v) is 5.47. The maximum atomic E-state index is 11.3. The van der Waals surface area contributed by atoms with Crippen molar-refractivity contribution in [2.45, 2.75) is 20.3 Å². The number of guanidine groups is 1. The highest BCUT2D eigenvalue weighted by Gasteiger charge is 2.13. The maximum Gasteiger partial charge on any atom is 0.310 e. The van der Waals surface area contributed by atoms with Crippen LogP contribution in [0.15, 0.2) is 10.4 Å². The minimum atomic E-state index is -0.231. The largest absolute Gasteiger partial charge is 0.469 e. The topological polar surface area (TPSA) is 75.6 Å². The van der Waals surface area contributed by atoms with E-state index in [-0.39, 0.29) is 35.9 Å². The van der Waals surface area contributed by atoms with Crippen LogP contribution in [-0.2, 0) is 16.0 Å². The number of aliphatic imine (C=N–C) groups is 1. The quantitative estimate of drug-likeness (QED) is 0.313. The van der Waals surface area contributed by atoms with Crippen LogP contribution in [0.4, 0.5) is 0 Å². The Morgan fingerprint density at radius 2 is 2.24 bits per heavy atom. The number of aromatic nitrogens is 1. The standard InChI is InChI=1S/C13H22N4O2S.HI/c1-9(12(18)19-4)7-16-13(14-3)15-6-5-11-8-20-10(2)17-11;/h8-9H,5-7H2,1-4H3,(H2,14,15,16);1H. The number of thiazole rings is 1. The highest BCUT2D eigenvalue weighted by Crippen LogP contribution is 2.07. The predicted octanol–water partition coefficient (Wildman–Crippen LogP) is 1.59. The molecular formula is C13H23IN4O2S. The Hall–Kier alpha value is -0.900. The SMILES string of the molecule is CN=C(NCCc1csc(C)n1)NCC(C)C(=O)OC.I. The van der Waals surface area contributed by atoms with E-state index in [9.17, 15) is 4.79 Å². The van der Waals surface area contributed by atoms with Crippen LogP contribution in [0.25, 0.3) is 0 Å². The molecule has 2 N–H and O–H groups in total. The van der Waals surface area contributed by atoms with Crippen LogP contribution in [0, 0.1) is 12.8 Å². The maximum absolute atomic E-state index is 11.3. The summed E-state index contributed by atoms with van der Waals surface area (Å²) in [5, 5.41) is 9.43. The lowest BCUT2D eigenvalue weighted by molar-refractivity contribution is -0.144. The molecule has 1 aromatic rings. The van der Waals surface area contributed by atoms with Crippen LogP contribution in [0.3, 0.4) is 0 Å². The van der Waals surface area contributed by atoms with Crippen molar-refractivity contribution in [1.29, 1.82) is 0 Å². The van der Waals surface area contributed by atoms with Crippen molar-refractivity contribution in [1.82, 2.24) is 15.6 Å². The second-order valence-electron chi connectivity index (χ2n) is 4.41. The smallest absolute Gasteiger partial charge is 0.310 e. The molecule has 0 saturated carbocycles. The van der Waals surface area contributed by atoms with Gasteiger partial charge >= 0.3 is 5.97 Å². The van der Waals surface area contributed by atoms with E-state index in [1.807, 2.05) is 13.8 Å². The van der Waals surface area contributed by atoms with E-state index in [4.69, 9.17) is 0 Å². The molecule has 1 unspecified atom stereocenters. The third-order valence-electron chi connectivity index (χ3n) is 2.74. The van der Waals surface area contributed by atoms with Gasteiger partial charge in [-0.3, -0.25) is 9.79 Å². The number of hydrogen-bond acceptors (Lipinski definition) is 5. The van der Waals surface area contributed by atoms with Gasteiger partial charge in [0.05, 0.1) is 23.7 Å². The highest BCUT2D eigenvalue weighted by molar-refractivity contribution is 14.0. The van der Waals surface area contributed by atoms with Crippen LogP contribution in [-0.4, -0.2) is 44.2 Å². The molecule has 0 bridgehead atoms. The number of carbonyl (C=O) groups excluding carboxylic acids is 1. The summed E-state index contributed by atoms with van der Waals surface area (Å²) in [6.07, 6.45) is 0.845. The average Bonchev–Trinajstić information content (AvgIpc) is 2.86. The number of aryl methyl sites for hydroxylation is 1. The number of esters is 1. The number of halogens is 1. The third-order valence-corrected chi connectivity index (χ3v) is 3.57.